The molecule has 0 radical (unpaired) electrons. The molecule has 32 heavy (non-hydrogen) atoms. The SMILES string of the molecule is O=C(NN1C(=O)/C(=C\c2cc(Br)ccc2OCc2ccccc2)SC1=S)c1ccccc1. The smallest absolute Gasteiger partial charge is 0.285 e. The van der Waals surface area contributed by atoms with E-state index in [4.69, 9.17) is 17.0 Å². The van der Waals surface area contributed by atoms with Crippen LogP contribution >= 0.6 is 39.9 Å². The molecule has 0 unspecified atom stereocenters. The van der Waals surface area contributed by atoms with Gasteiger partial charge in [-0.1, -0.05) is 76.2 Å². The summed E-state index contributed by atoms with van der Waals surface area (Å²) in [6, 6.07) is 24.1. The third-order valence-electron chi connectivity index (χ3n) is 4.54. The van der Waals surface area contributed by atoms with E-state index < -0.39 is 11.8 Å². The van der Waals surface area contributed by atoms with Crippen LogP contribution in [0.5, 0.6) is 5.75 Å². The normalized spacial score (nSPS) is 14.7. The zero-order valence-corrected chi connectivity index (χ0v) is 19.9. The van der Waals surface area contributed by atoms with E-state index in [1.807, 2.05) is 54.6 Å². The number of nitrogens with zero attached hydrogens (tertiary/aromatic N) is 1. The molecule has 1 N–H and O–H groups in total. The summed E-state index contributed by atoms with van der Waals surface area (Å²) >= 11 is 9.92. The van der Waals surface area contributed by atoms with Crippen LogP contribution < -0.4 is 10.2 Å². The summed E-state index contributed by atoms with van der Waals surface area (Å²) in [4.78, 5) is 25.8. The van der Waals surface area contributed by atoms with Gasteiger partial charge in [0.1, 0.15) is 12.4 Å². The number of thioether (sulfide) groups is 1. The number of ether oxygens (including phenoxy) is 1. The van der Waals surface area contributed by atoms with Crippen molar-refractivity contribution in [3.8, 4) is 5.75 Å². The molecule has 0 aliphatic carbocycles. The standard InChI is InChI=1S/C24H17BrN2O3S2/c25-19-11-12-20(30-15-16-7-3-1-4-8-16)18(13-19)14-21-23(29)27(24(31)32-21)26-22(28)17-9-5-2-6-10-17/h1-14H,15H2,(H,26,28)/b21-14+. The molecule has 0 aromatic heterocycles. The van der Waals surface area contributed by atoms with Crippen molar-refractivity contribution in [1.82, 2.24) is 10.4 Å². The maximum absolute atomic E-state index is 12.9. The van der Waals surface area contributed by atoms with Gasteiger partial charge in [-0.3, -0.25) is 15.0 Å². The van der Waals surface area contributed by atoms with Crippen molar-refractivity contribution in [1.29, 1.82) is 0 Å². The lowest BCUT2D eigenvalue weighted by Gasteiger charge is -2.15. The lowest BCUT2D eigenvalue weighted by atomic mass is 10.1. The van der Waals surface area contributed by atoms with Crippen LogP contribution in [0, 0.1) is 0 Å². The Hall–Kier alpha value is -2.94. The number of hydrogen-bond acceptors (Lipinski definition) is 5. The molecular formula is C24H17BrN2O3S2. The molecule has 1 aliphatic heterocycles. The van der Waals surface area contributed by atoms with E-state index in [0.29, 0.717) is 22.8 Å². The Morgan fingerprint density at radius 3 is 2.47 bits per heavy atom. The second-order valence-corrected chi connectivity index (χ2v) is 9.37. The van der Waals surface area contributed by atoms with E-state index in [-0.39, 0.29) is 4.32 Å². The molecule has 2 amide bonds. The van der Waals surface area contributed by atoms with Crippen molar-refractivity contribution in [3.05, 3.63) is 105 Å². The minimum absolute atomic E-state index is 0.257. The predicted molar refractivity (Wildman–Crippen MR) is 134 cm³/mol. The van der Waals surface area contributed by atoms with Gasteiger partial charge < -0.3 is 4.74 Å². The third-order valence-corrected chi connectivity index (χ3v) is 6.33. The molecule has 1 saturated heterocycles. The second-order valence-electron chi connectivity index (χ2n) is 6.78. The van der Waals surface area contributed by atoms with Crippen molar-refractivity contribution < 1.29 is 14.3 Å². The zero-order valence-electron chi connectivity index (χ0n) is 16.7. The Morgan fingerprint density at radius 2 is 1.75 bits per heavy atom. The first-order chi connectivity index (χ1) is 15.5. The van der Waals surface area contributed by atoms with E-state index in [1.54, 1.807) is 30.3 Å². The molecule has 0 saturated carbocycles. The van der Waals surface area contributed by atoms with Crippen LogP contribution in [0.15, 0.2) is 88.2 Å². The summed E-state index contributed by atoms with van der Waals surface area (Å²) in [5.74, 6) is -0.161. The average Bonchev–Trinajstić information content (AvgIpc) is 3.07. The van der Waals surface area contributed by atoms with Crippen LogP contribution in [0.2, 0.25) is 0 Å². The molecule has 4 rings (SSSR count). The van der Waals surface area contributed by atoms with Crippen molar-refractivity contribution in [3.63, 3.8) is 0 Å². The Balaban J connectivity index is 1.53. The summed E-state index contributed by atoms with van der Waals surface area (Å²) in [6.45, 7) is 0.400. The predicted octanol–water partition coefficient (Wildman–Crippen LogP) is 5.57. The van der Waals surface area contributed by atoms with E-state index in [0.717, 1.165) is 32.4 Å². The quantitative estimate of drug-likeness (QED) is 0.337. The van der Waals surface area contributed by atoms with Gasteiger partial charge in [-0.05, 0) is 54.2 Å². The van der Waals surface area contributed by atoms with Gasteiger partial charge in [0.25, 0.3) is 11.8 Å². The number of carbonyl (C=O) groups is 2. The fraction of sp³-hybridized carbons (Fsp3) is 0.0417. The summed E-state index contributed by atoms with van der Waals surface area (Å²) in [7, 11) is 0. The number of benzene rings is 3. The molecule has 160 valence electrons. The number of halogens is 1. The highest BCUT2D eigenvalue weighted by atomic mass is 79.9. The highest BCUT2D eigenvalue weighted by molar-refractivity contribution is 9.10. The molecule has 0 bridgehead atoms. The number of carbonyl (C=O) groups excluding carboxylic acids is 2. The first-order valence-electron chi connectivity index (χ1n) is 9.61. The van der Waals surface area contributed by atoms with Gasteiger partial charge in [0.05, 0.1) is 4.91 Å². The lowest BCUT2D eigenvalue weighted by Crippen LogP contribution is -2.44. The Morgan fingerprint density at radius 1 is 1.06 bits per heavy atom. The number of nitrogens with one attached hydrogen (secondary N) is 1. The molecule has 0 spiro atoms. The Kier molecular flexibility index (Phi) is 7.04. The fourth-order valence-corrected chi connectivity index (χ4v) is 4.51. The Labute approximate surface area is 203 Å². The maximum atomic E-state index is 12.9. The summed E-state index contributed by atoms with van der Waals surface area (Å²) in [5.41, 5.74) is 4.79. The number of thiocarbonyl (C=S) groups is 1. The molecule has 1 aliphatic rings. The lowest BCUT2D eigenvalue weighted by molar-refractivity contribution is -0.123. The number of rotatable bonds is 6. The maximum Gasteiger partial charge on any atom is 0.285 e. The molecule has 5 nitrogen and oxygen atoms in total. The van der Waals surface area contributed by atoms with E-state index >= 15 is 0 Å². The number of hydrazine groups is 1. The van der Waals surface area contributed by atoms with Crippen LogP contribution in [0.3, 0.4) is 0 Å². The van der Waals surface area contributed by atoms with Crippen LogP contribution in [0.1, 0.15) is 21.5 Å². The first kappa shape index (κ1) is 22.3. The van der Waals surface area contributed by atoms with Gasteiger partial charge in [-0.15, -0.1) is 0 Å². The minimum atomic E-state index is -0.405. The second kappa shape index (κ2) is 10.1. The first-order valence-corrected chi connectivity index (χ1v) is 11.6. The Bertz CT molecular complexity index is 1200. The topological polar surface area (TPSA) is 58.6 Å². The van der Waals surface area contributed by atoms with Crippen molar-refractivity contribution in [2.45, 2.75) is 6.61 Å². The van der Waals surface area contributed by atoms with Crippen LogP contribution in [-0.4, -0.2) is 21.1 Å². The van der Waals surface area contributed by atoms with E-state index in [9.17, 15) is 9.59 Å². The van der Waals surface area contributed by atoms with Gasteiger partial charge in [-0.25, -0.2) is 0 Å². The van der Waals surface area contributed by atoms with Crippen LogP contribution in [0.25, 0.3) is 6.08 Å². The highest BCUT2D eigenvalue weighted by Gasteiger charge is 2.34. The van der Waals surface area contributed by atoms with E-state index in [2.05, 4.69) is 21.4 Å². The minimum Gasteiger partial charge on any atom is -0.488 e. The van der Waals surface area contributed by atoms with Gasteiger partial charge in [0.15, 0.2) is 4.32 Å². The summed E-state index contributed by atoms with van der Waals surface area (Å²) < 4.78 is 7.10. The number of hydrogen-bond donors (Lipinski definition) is 1. The zero-order chi connectivity index (χ0) is 22.5. The summed E-state index contributed by atoms with van der Waals surface area (Å²) in [5, 5.41) is 1.10. The number of amides is 2. The highest BCUT2D eigenvalue weighted by Crippen LogP contribution is 2.34. The monoisotopic (exact) mass is 524 g/mol. The summed E-state index contributed by atoms with van der Waals surface area (Å²) in [6.07, 6.45) is 1.72. The molecule has 0 atom stereocenters. The molecule has 1 fully saturated rings. The van der Waals surface area contributed by atoms with Gasteiger partial charge in [0.2, 0.25) is 0 Å². The average molecular weight is 525 g/mol. The molecule has 8 heteroatoms. The van der Waals surface area contributed by atoms with Gasteiger partial charge in [-0.2, -0.15) is 5.01 Å². The third kappa shape index (κ3) is 5.27. The van der Waals surface area contributed by atoms with Crippen LogP contribution in [-0.2, 0) is 11.4 Å². The van der Waals surface area contributed by atoms with Gasteiger partial charge >= 0.3 is 0 Å². The van der Waals surface area contributed by atoms with Crippen LogP contribution in [0.4, 0.5) is 0 Å². The van der Waals surface area contributed by atoms with E-state index in [1.165, 1.54) is 0 Å². The fourth-order valence-electron chi connectivity index (χ4n) is 2.96. The molecule has 3 aromatic rings. The molecular weight excluding hydrogens is 508 g/mol. The molecule has 1 heterocycles. The largest absolute Gasteiger partial charge is 0.488 e. The molecule has 3 aromatic carbocycles. The van der Waals surface area contributed by atoms with Crippen molar-refractivity contribution in [2.75, 3.05) is 0 Å². The van der Waals surface area contributed by atoms with Gasteiger partial charge in [0, 0.05) is 15.6 Å². The van der Waals surface area contributed by atoms with Crippen molar-refractivity contribution in [2.24, 2.45) is 0 Å². The van der Waals surface area contributed by atoms with Crippen molar-refractivity contribution >= 4 is 62.1 Å².